The maximum Gasteiger partial charge on any atom is 0.210 e. The highest BCUT2D eigenvalue weighted by molar-refractivity contribution is 5.94. The number of likely N-dealkylation sites (N-methyl/N-ethyl adjacent to an activating group) is 1. The van der Waals surface area contributed by atoms with Crippen LogP contribution < -0.4 is 14.7 Å². The number of nitrogens with zero attached hydrogens (tertiary/aromatic N) is 8. The number of anilines is 3. The van der Waals surface area contributed by atoms with E-state index in [1.807, 2.05) is 0 Å². The van der Waals surface area contributed by atoms with Crippen LogP contribution in [0.25, 0.3) is 10.8 Å². The number of aromatic nitrogens is 1. The SMILES string of the molecule is CN1CCN(c2nc(N3CCN(C=O)C(CC#N)C3)c3c(c2C#N)CN(c2cccc4ccccc24)CC3)CC1. The smallest absolute Gasteiger partial charge is 0.210 e. The molecule has 9 heteroatoms. The lowest BCUT2D eigenvalue weighted by Crippen LogP contribution is -2.53. The van der Waals surface area contributed by atoms with Crippen molar-refractivity contribution < 1.29 is 4.79 Å². The van der Waals surface area contributed by atoms with Crippen LogP contribution in [0.4, 0.5) is 17.3 Å². The number of nitriles is 2. The number of hydrogen-bond acceptors (Lipinski definition) is 8. The van der Waals surface area contributed by atoms with Gasteiger partial charge < -0.3 is 24.5 Å². The largest absolute Gasteiger partial charge is 0.366 e. The fourth-order valence-corrected chi connectivity index (χ4v) is 6.40. The lowest BCUT2D eigenvalue weighted by molar-refractivity contribution is -0.120. The van der Waals surface area contributed by atoms with Crippen LogP contribution in [0.3, 0.4) is 0 Å². The molecular weight excluding hydrogens is 500 g/mol. The van der Waals surface area contributed by atoms with Crippen LogP contribution in [0.2, 0.25) is 0 Å². The van der Waals surface area contributed by atoms with Crippen molar-refractivity contribution in [3.05, 3.63) is 59.2 Å². The topological polar surface area (TPSA) is 93.7 Å². The van der Waals surface area contributed by atoms with Crippen LogP contribution in [-0.4, -0.2) is 86.6 Å². The number of benzene rings is 2. The first kappa shape index (κ1) is 25.9. The van der Waals surface area contributed by atoms with Crippen LogP contribution in [0.15, 0.2) is 42.5 Å². The van der Waals surface area contributed by atoms with Gasteiger partial charge in [-0.3, -0.25) is 4.79 Å². The van der Waals surface area contributed by atoms with Crippen molar-refractivity contribution in [2.24, 2.45) is 0 Å². The summed E-state index contributed by atoms with van der Waals surface area (Å²) < 4.78 is 0. The predicted octanol–water partition coefficient (Wildman–Crippen LogP) is 2.98. The Bertz CT molecular complexity index is 1490. The molecule has 2 saturated heterocycles. The second kappa shape index (κ2) is 11.0. The molecule has 0 bridgehead atoms. The van der Waals surface area contributed by atoms with Gasteiger partial charge in [-0.1, -0.05) is 36.4 Å². The molecule has 2 aromatic carbocycles. The molecule has 9 nitrogen and oxygen atoms in total. The molecule has 0 radical (unpaired) electrons. The van der Waals surface area contributed by atoms with Crippen LogP contribution >= 0.6 is 0 Å². The summed E-state index contributed by atoms with van der Waals surface area (Å²) in [6.45, 7) is 6.71. The van der Waals surface area contributed by atoms with Crippen LogP contribution in [-0.2, 0) is 17.8 Å². The summed E-state index contributed by atoms with van der Waals surface area (Å²) in [6.07, 6.45) is 1.92. The van der Waals surface area contributed by atoms with Gasteiger partial charge in [-0.2, -0.15) is 10.5 Å². The third-order valence-electron chi connectivity index (χ3n) is 8.66. The molecule has 1 unspecified atom stereocenters. The van der Waals surface area contributed by atoms with Gasteiger partial charge in [0.1, 0.15) is 17.7 Å². The molecule has 3 aromatic rings. The summed E-state index contributed by atoms with van der Waals surface area (Å²) in [6, 6.07) is 19.5. The Kier molecular flexibility index (Phi) is 7.15. The van der Waals surface area contributed by atoms with E-state index in [0.717, 1.165) is 68.3 Å². The Balaban J connectivity index is 1.44. The van der Waals surface area contributed by atoms with Crippen LogP contribution in [0.5, 0.6) is 0 Å². The monoisotopic (exact) mass is 534 g/mol. The molecule has 0 aliphatic carbocycles. The highest BCUT2D eigenvalue weighted by Gasteiger charge is 2.34. The normalized spacial score (nSPS) is 19.7. The molecule has 1 aromatic heterocycles. The molecule has 204 valence electrons. The fourth-order valence-electron chi connectivity index (χ4n) is 6.40. The second-order valence-electron chi connectivity index (χ2n) is 11.0. The number of hydrogen-bond donors (Lipinski definition) is 0. The highest BCUT2D eigenvalue weighted by Crippen LogP contribution is 2.39. The van der Waals surface area contributed by atoms with Crippen molar-refractivity contribution in [1.82, 2.24) is 14.8 Å². The van der Waals surface area contributed by atoms with Gasteiger partial charge in [-0.25, -0.2) is 4.98 Å². The minimum Gasteiger partial charge on any atom is -0.366 e. The van der Waals surface area contributed by atoms with Crippen molar-refractivity contribution in [2.75, 3.05) is 74.1 Å². The molecule has 4 heterocycles. The standard InChI is InChI=1S/C31H34N8O/c1-35-13-15-36(16-14-35)31-27(19-33)28-21-37(29-8-4-6-23-5-2-3-7-25(23)29)12-10-26(28)30(34-31)38-17-18-39(22-40)24(20-38)9-11-32/h2-8,22,24H,9-10,12-18,20-21H2,1H3. The van der Waals surface area contributed by atoms with Crippen LogP contribution in [0, 0.1) is 22.7 Å². The molecule has 6 rings (SSSR count). The Morgan fingerprint density at radius 2 is 1.68 bits per heavy atom. The summed E-state index contributed by atoms with van der Waals surface area (Å²) >= 11 is 0. The Labute approximate surface area is 235 Å². The number of pyridine rings is 1. The number of amides is 1. The van der Waals surface area contributed by atoms with Gasteiger partial charge in [0.15, 0.2) is 0 Å². The quantitative estimate of drug-likeness (QED) is 0.462. The van der Waals surface area contributed by atoms with Crippen molar-refractivity contribution >= 4 is 34.5 Å². The van der Waals surface area contributed by atoms with E-state index in [9.17, 15) is 15.3 Å². The third-order valence-corrected chi connectivity index (χ3v) is 8.66. The van der Waals surface area contributed by atoms with Gasteiger partial charge in [-0.15, -0.1) is 0 Å². The highest BCUT2D eigenvalue weighted by atomic mass is 16.1. The van der Waals surface area contributed by atoms with Gasteiger partial charge >= 0.3 is 0 Å². The molecule has 0 saturated carbocycles. The van der Waals surface area contributed by atoms with E-state index < -0.39 is 0 Å². The zero-order chi connectivity index (χ0) is 27.6. The average molecular weight is 535 g/mol. The Morgan fingerprint density at radius 1 is 0.900 bits per heavy atom. The maximum absolute atomic E-state index is 11.7. The van der Waals surface area contributed by atoms with Crippen molar-refractivity contribution in [3.63, 3.8) is 0 Å². The number of fused-ring (bicyclic) bond motifs is 2. The molecule has 3 aliphatic rings. The molecule has 40 heavy (non-hydrogen) atoms. The van der Waals surface area contributed by atoms with Gasteiger partial charge in [0, 0.05) is 75.5 Å². The third kappa shape index (κ3) is 4.67. The summed E-state index contributed by atoms with van der Waals surface area (Å²) in [5.41, 5.74) is 4.03. The lowest BCUT2D eigenvalue weighted by Gasteiger charge is -2.42. The van der Waals surface area contributed by atoms with E-state index in [1.165, 1.54) is 16.5 Å². The van der Waals surface area contributed by atoms with E-state index in [2.05, 4.69) is 81.3 Å². The van der Waals surface area contributed by atoms with E-state index in [1.54, 1.807) is 4.90 Å². The van der Waals surface area contributed by atoms with Crippen molar-refractivity contribution in [3.8, 4) is 12.1 Å². The molecule has 0 spiro atoms. The molecule has 2 fully saturated rings. The summed E-state index contributed by atoms with van der Waals surface area (Å²) in [4.78, 5) is 27.8. The van der Waals surface area contributed by atoms with E-state index in [4.69, 9.17) is 4.98 Å². The van der Waals surface area contributed by atoms with Crippen molar-refractivity contribution in [1.29, 1.82) is 10.5 Å². The number of rotatable bonds is 5. The first-order valence-corrected chi connectivity index (χ1v) is 14.1. The van der Waals surface area contributed by atoms with Crippen LogP contribution in [0.1, 0.15) is 23.1 Å². The van der Waals surface area contributed by atoms with E-state index >= 15 is 0 Å². The van der Waals surface area contributed by atoms with Gasteiger partial charge in [-0.05, 0) is 30.5 Å². The summed E-state index contributed by atoms with van der Waals surface area (Å²) in [7, 11) is 2.12. The molecular formula is C31H34N8O. The maximum atomic E-state index is 11.7. The van der Waals surface area contributed by atoms with Crippen molar-refractivity contribution in [2.45, 2.75) is 25.4 Å². The van der Waals surface area contributed by atoms with E-state index in [0.29, 0.717) is 31.7 Å². The number of piperazine rings is 2. The minimum atomic E-state index is -0.174. The molecule has 3 aliphatic heterocycles. The second-order valence-corrected chi connectivity index (χ2v) is 11.0. The number of carbonyl (C=O) groups excluding carboxylic acids is 1. The number of carbonyl (C=O) groups is 1. The first-order chi connectivity index (χ1) is 19.6. The first-order valence-electron chi connectivity index (χ1n) is 14.1. The van der Waals surface area contributed by atoms with E-state index in [-0.39, 0.29) is 12.5 Å². The van der Waals surface area contributed by atoms with Gasteiger partial charge in [0.25, 0.3) is 0 Å². The zero-order valence-electron chi connectivity index (χ0n) is 23.0. The predicted molar refractivity (Wildman–Crippen MR) is 156 cm³/mol. The zero-order valence-corrected chi connectivity index (χ0v) is 23.0. The lowest BCUT2D eigenvalue weighted by atomic mass is 9.93. The molecule has 0 N–H and O–H groups in total. The van der Waals surface area contributed by atoms with Gasteiger partial charge in [0.05, 0.1) is 24.1 Å². The fraction of sp³-hybridized carbons (Fsp3) is 0.419. The summed E-state index contributed by atoms with van der Waals surface area (Å²) in [5, 5.41) is 22.4. The molecule has 1 atom stereocenters. The van der Waals surface area contributed by atoms with Gasteiger partial charge in [0.2, 0.25) is 6.41 Å². The minimum absolute atomic E-state index is 0.174. The Hall–Kier alpha value is -4.34. The average Bonchev–Trinajstić information content (AvgIpc) is 3.00. The Morgan fingerprint density at radius 3 is 2.45 bits per heavy atom. The molecule has 1 amide bonds. The summed E-state index contributed by atoms with van der Waals surface area (Å²) in [5.74, 6) is 1.67.